The van der Waals surface area contributed by atoms with Crippen LogP contribution in [0.5, 0.6) is 0 Å². The molecule has 0 radical (unpaired) electrons. The summed E-state index contributed by atoms with van der Waals surface area (Å²) >= 11 is 0. The minimum Gasteiger partial charge on any atom is -0.461 e. The van der Waals surface area contributed by atoms with Crippen LogP contribution in [0.4, 0.5) is 20.2 Å². The molecule has 0 spiro atoms. The highest BCUT2D eigenvalue weighted by atomic mass is 32.2. The molecule has 0 amide bonds. The Morgan fingerprint density at radius 1 is 1.27 bits per heavy atom. The van der Waals surface area contributed by atoms with Crippen LogP contribution in [0.25, 0.3) is 11.3 Å². The molecule has 1 unspecified atom stereocenters. The van der Waals surface area contributed by atoms with Gasteiger partial charge < -0.3 is 4.74 Å². The van der Waals surface area contributed by atoms with Crippen LogP contribution in [0, 0.1) is 12.8 Å². The van der Waals surface area contributed by atoms with E-state index in [0.29, 0.717) is 22.6 Å². The van der Waals surface area contributed by atoms with Gasteiger partial charge in [-0.05, 0) is 37.6 Å². The number of esters is 1. The van der Waals surface area contributed by atoms with Crippen molar-refractivity contribution in [2.24, 2.45) is 5.92 Å². The van der Waals surface area contributed by atoms with Crippen LogP contribution in [0.3, 0.4) is 0 Å². The molecule has 1 aromatic heterocycles. The number of carbonyl (C=O) groups is 1. The number of anilines is 2. The second kappa shape index (κ2) is 6.90. The van der Waals surface area contributed by atoms with E-state index in [0.717, 1.165) is 14.2 Å². The summed E-state index contributed by atoms with van der Waals surface area (Å²) in [7, 11) is -2.54. The molecular weight excluding hydrogens is 416 g/mol. The van der Waals surface area contributed by atoms with E-state index in [1.807, 2.05) is 6.92 Å². The fourth-order valence-electron chi connectivity index (χ4n) is 3.53. The zero-order valence-corrected chi connectivity index (χ0v) is 17.5. The summed E-state index contributed by atoms with van der Waals surface area (Å²) in [6, 6.07) is 8.21. The van der Waals surface area contributed by atoms with E-state index in [9.17, 15) is 22.0 Å². The number of rotatable bonds is 5. The minimum absolute atomic E-state index is 0.150. The van der Waals surface area contributed by atoms with Gasteiger partial charge in [-0.25, -0.2) is 18.6 Å². The maximum absolute atomic E-state index is 13.4. The molecule has 4 rings (SSSR count). The largest absolute Gasteiger partial charge is 0.461 e. The van der Waals surface area contributed by atoms with Crippen molar-refractivity contribution < 1.29 is 26.7 Å². The van der Waals surface area contributed by atoms with Gasteiger partial charge in [0.15, 0.2) is 0 Å². The van der Waals surface area contributed by atoms with Gasteiger partial charge >= 0.3 is 16.2 Å². The van der Waals surface area contributed by atoms with Gasteiger partial charge in [-0.3, -0.25) is 8.61 Å². The second-order valence-electron chi connectivity index (χ2n) is 7.45. The summed E-state index contributed by atoms with van der Waals surface area (Å²) in [4.78, 5) is 16.4. The number of pyridine rings is 1. The van der Waals surface area contributed by atoms with Crippen LogP contribution in [0.15, 0.2) is 30.3 Å². The van der Waals surface area contributed by atoms with Crippen LogP contribution in [0.2, 0.25) is 0 Å². The summed E-state index contributed by atoms with van der Waals surface area (Å²) < 4.78 is 59.4. The van der Waals surface area contributed by atoms with Crippen molar-refractivity contribution >= 4 is 27.6 Å². The zero-order valence-electron chi connectivity index (χ0n) is 16.7. The standard InChI is InChI=1S/C20H21F2N3O4S/c1-4-29-19(26)15-7-5-12(2)18(23-15)13-6-8-16-17(9-13)24(3)30(27,28)25(16)11-14-10-20(14,21)22/h5-9,14H,4,10-11H2,1-3H3. The number of nitrogens with zero attached hydrogens (tertiary/aromatic N) is 3. The Morgan fingerprint density at radius 2 is 1.97 bits per heavy atom. The molecule has 7 nitrogen and oxygen atoms in total. The topological polar surface area (TPSA) is 79.8 Å². The lowest BCUT2D eigenvalue weighted by molar-refractivity contribution is 0.0519. The predicted octanol–water partition coefficient (Wildman–Crippen LogP) is 3.39. The summed E-state index contributed by atoms with van der Waals surface area (Å²) in [5, 5.41) is 0. The fraction of sp³-hybridized carbons (Fsp3) is 0.400. The van der Waals surface area contributed by atoms with Gasteiger partial charge in [0.05, 0.1) is 23.7 Å². The number of benzene rings is 1. The summed E-state index contributed by atoms with van der Waals surface area (Å²) in [6.45, 7) is 3.49. The van der Waals surface area contributed by atoms with Gasteiger partial charge in [0.1, 0.15) is 5.69 Å². The zero-order chi connectivity index (χ0) is 21.8. The number of hydrogen-bond donors (Lipinski definition) is 0. The van der Waals surface area contributed by atoms with Crippen molar-refractivity contribution in [1.29, 1.82) is 0 Å². The predicted molar refractivity (Wildman–Crippen MR) is 108 cm³/mol. The molecule has 1 saturated carbocycles. The molecule has 0 bridgehead atoms. The molecule has 10 heteroatoms. The van der Waals surface area contributed by atoms with Crippen molar-refractivity contribution in [3.63, 3.8) is 0 Å². The first-order chi connectivity index (χ1) is 14.1. The Kier molecular flexibility index (Phi) is 4.72. The number of aryl methyl sites for hydroxylation is 1. The first-order valence-corrected chi connectivity index (χ1v) is 10.9. The van der Waals surface area contributed by atoms with E-state index in [1.165, 1.54) is 7.05 Å². The molecule has 0 N–H and O–H groups in total. The van der Waals surface area contributed by atoms with Crippen LogP contribution in [-0.2, 0) is 14.9 Å². The third kappa shape index (κ3) is 3.28. The highest BCUT2D eigenvalue weighted by Gasteiger charge is 2.59. The van der Waals surface area contributed by atoms with Crippen molar-refractivity contribution in [3.8, 4) is 11.3 Å². The Hall–Kier alpha value is -2.75. The Morgan fingerprint density at radius 3 is 2.60 bits per heavy atom. The third-order valence-electron chi connectivity index (χ3n) is 5.40. The normalized spacial score (nSPS) is 20.8. The van der Waals surface area contributed by atoms with E-state index in [4.69, 9.17) is 4.74 Å². The van der Waals surface area contributed by atoms with Gasteiger partial charge in [0.25, 0.3) is 5.92 Å². The number of fused-ring (bicyclic) bond motifs is 1. The smallest absolute Gasteiger partial charge is 0.356 e. The molecule has 30 heavy (non-hydrogen) atoms. The molecule has 2 aliphatic rings. The molecule has 1 fully saturated rings. The van der Waals surface area contributed by atoms with Gasteiger partial charge in [0.2, 0.25) is 0 Å². The number of carbonyl (C=O) groups excluding carboxylic acids is 1. The monoisotopic (exact) mass is 437 g/mol. The average molecular weight is 437 g/mol. The molecule has 2 aromatic rings. The highest BCUT2D eigenvalue weighted by molar-refractivity contribution is 7.94. The molecule has 1 atom stereocenters. The first-order valence-electron chi connectivity index (χ1n) is 9.50. The quantitative estimate of drug-likeness (QED) is 0.670. The van der Waals surface area contributed by atoms with Crippen molar-refractivity contribution in [1.82, 2.24) is 4.98 Å². The van der Waals surface area contributed by atoms with Gasteiger partial charge in [-0.15, -0.1) is 0 Å². The SMILES string of the molecule is CCOC(=O)c1ccc(C)c(-c2ccc3c(c2)N(C)S(=O)(=O)N3CC2CC2(F)F)n1. The van der Waals surface area contributed by atoms with Gasteiger partial charge in [-0.1, -0.05) is 12.1 Å². The first kappa shape index (κ1) is 20.5. The summed E-state index contributed by atoms with van der Waals surface area (Å²) in [5.41, 5.74) is 2.79. The molecule has 1 aromatic carbocycles. The Bertz CT molecular complexity index is 1140. The molecule has 0 saturated heterocycles. The second-order valence-corrected chi connectivity index (χ2v) is 9.34. The van der Waals surface area contributed by atoms with Crippen LogP contribution < -0.4 is 8.61 Å². The number of alkyl halides is 2. The molecule has 160 valence electrons. The summed E-state index contributed by atoms with van der Waals surface area (Å²) in [6.07, 6.45) is -0.306. The lowest BCUT2D eigenvalue weighted by Crippen LogP contribution is -2.37. The van der Waals surface area contributed by atoms with E-state index < -0.39 is 28.0 Å². The number of halogens is 2. The Labute approximate surface area is 173 Å². The van der Waals surface area contributed by atoms with E-state index >= 15 is 0 Å². The molecular formula is C20H21F2N3O4S. The minimum atomic E-state index is -3.93. The lowest BCUT2D eigenvalue weighted by atomic mass is 10.0. The fourth-order valence-corrected chi connectivity index (χ4v) is 4.99. The average Bonchev–Trinajstić information content (AvgIpc) is 3.26. The molecule has 1 aliphatic carbocycles. The maximum atomic E-state index is 13.4. The number of aromatic nitrogens is 1. The highest BCUT2D eigenvalue weighted by Crippen LogP contribution is 2.51. The van der Waals surface area contributed by atoms with Gasteiger partial charge in [-0.2, -0.15) is 8.42 Å². The van der Waals surface area contributed by atoms with E-state index in [2.05, 4.69) is 4.98 Å². The van der Waals surface area contributed by atoms with Crippen molar-refractivity contribution in [3.05, 3.63) is 41.6 Å². The number of ether oxygens (including phenoxy) is 1. The molecule has 1 aliphatic heterocycles. The van der Waals surface area contributed by atoms with Crippen molar-refractivity contribution in [2.75, 3.05) is 28.8 Å². The number of hydrogen-bond acceptors (Lipinski definition) is 5. The van der Waals surface area contributed by atoms with Gasteiger partial charge in [0, 0.05) is 31.5 Å². The molecule has 2 heterocycles. The van der Waals surface area contributed by atoms with Crippen LogP contribution in [0.1, 0.15) is 29.4 Å². The van der Waals surface area contributed by atoms with E-state index in [1.54, 1.807) is 37.3 Å². The summed E-state index contributed by atoms with van der Waals surface area (Å²) in [5.74, 6) is -4.33. The van der Waals surface area contributed by atoms with Crippen LogP contribution in [-0.4, -0.2) is 45.5 Å². The van der Waals surface area contributed by atoms with E-state index in [-0.39, 0.29) is 25.3 Å². The maximum Gasteiger partial charge on any atom is 0.356 e. The van der Waals surface area contributed by atoms with Crippen molar-refractivity contribution in [2.45, 2.75) is 26.2 Å². The Balaban J connectivity index is 1.73. The lowest BCUT2D eigenvalue weighted by Gasteiger charge is -2.18. The third-order valence-corrected chi connectivity index (χ3v) is 7.20. The van der Waals surface area contributed by atoms with Crippen LogP contribution >= 0.6 is 0 Å².